The highest BCUT2D eigenvalue weighted by molar-refractivity contribution is 7.98. The molecule has 1 aliphatic rings. The minimum absolute atomic E-state index is 0.199. The van der Waals surface area contributed by atoms with Crippen LogP contribution in [-0.2, 0) is 6.54 Å². The molecular formula is C21H26ClN5S. The summed E-state index contributed by atoms with van der Waals surface area (Å²) in [6.07, 6.45) is 5.93. The zero-order valence-electron chi connectivity index (χ0n) is 16.8. The maximum absolute atomic E-state index is 6.81. The predicted octanol–water partition coefficient (Wildman–Crippen LogP) is 5.51. The van der Waals surface area contributed by atoms with Crippen molar-refractivity contribution in [3.63, 3.8) is 0 Å². The number of aromatic nitrogens is 4. The molecule has 0 saturated carbocycles. The third-order valence-corrected chi connectivity index (χ3v) is 6.45. The molecule has 0 bridgehead atoms. The number of fused-ring (bicyclic) bond motifs is 1. The van der Waals surface area contributed by atoms with Crippen molar-refractivity contribution in [1.82, 2.24) is 19.7 Å². The Bertz CT molecular complexity index is 1000. The quantitative estimate of drug-likeness (QED) is 0.514. The van der Waals surface area contributed by atoms with Crippen LogP contribution in [0.5, 0.6) is 0 Å². The van der Waals surface area contributed by atoms with Gasteiger partial charge in [-0.25, -0.2) is 9.97 Å². The average molecular weight is 416 g/mol. The summed E-state index contributed by atoms with van der Waals surface area (Å²) >= 11 is 8.55. The molecule has 2 aromatic heterocycles. The SMILES string of the molecule is CSc1ccc2ncnc(N3CCCC3c3c(C)nn(CC(C)C)c3Cl)c2c1. The van der Waals surface area contributed by atoms with Gasteiger partial charge in [-0.15, -0.1) is 11.8 Å². The molecule has 1 aliphatic heterocycles. The Kier molecular flexibility index (Phi) is 5.52. The van der Waals surface area contributed by atoms with Crippen molar-refractivity contribution < 1.29 is 0 Å². The summed E-state index contributed by atoms with van der Waals surface area (Å²) in [6.45, 7) is 8.24. The molecule has 1 atom stereocenters. The lowest BCUT2D eigenvalue weighted by Gasteiger charge is -2.27. The summed E-state index contributed by atoms with van der Waals surface area (Å²) in [5.41, 5.74) is 3.14. The van der Waals surface area contributed by atoms with E-state index in [1.807, 2.05) is 4.68 Å². The number of hydrogen-bond acceptors (Lipinski definition) is 5. The van der Waals surface area contributed by atoms with Gasteiger partial charge < -0.3 is 4.90 Å². The van der Waals surface area contributed by atoms with Gasteiger partial charge in [0.15, 0.2) is 0 Å². The first-order chi connectivity index (χ1) is 13.5. The number of aryl methyl sites for hydroxylation is 1. The summed E-state index contributed by atoms with van der Waals surface area (Å²) in [4.78, 5) is 12.8. The Labute approximate surface area is 175 Å². The number of hydrogen-bond donors (Lipinski definition) is 0. The number of nitrogens with zero attached hydrogens (tertiary/aromatic N) is 5. The van der Waals surface area contributed by atoms with E-state index >= 15 is 0 Å². The molecule has 1 aromatic carbocycles. The molecule has 1 saturated heterocycles. The first-order valence-corrected chi connectivity index (χ1v) is 11.4. The molecular weight excluding hydrogens is 390 g/mol. The summed E-state index contributed by atoms with van der Waals surface area (Å²) in [6, 6.07) is 6.59. The van der Waals surface area contributed by atoms with Crippen LogP contribution in [0, 0.1) is 12.8 Å². The first-order valence-electron chi connectivity index (χ1n) is 9.77. The zero-order valence-corrected chi connectivity index (χ0v) is 18.4. The summed E-state index contributed by atoms with van der Waals surface area (Å²) in [5, 5.41) is 6.61. The van der Waals surface area contributed by atoms with Gasteiger partial charge in [0.25, 0.3) is 0 Å². The highest BCUT2D eigenvalue weighted by Crippen LogP contribution is 2.42. The molecule has 0 N–H and O–H groups in total. The molecule has 3 heterocycles. The first kappa shape index (κ1) is 19.5. The maximum atomic E-state index is 6.81. The summed E-state index contributed by atoms with van der Waals surface area (Å²) < 4.78 is 1.96. The van der Waals surface area contributed by atoms with Crippen molar-refractivity contribution in [1.29, 1.82) is 0 Å². The van der Waals surface area contributed by atoms with Gasteiger partial charge in [0.1, 0.15) is 17.3 Å². The molecule has 7 heteroatoms. The molecule has 0 spiro atoms. The van der Waals surface area contributed by atoms with E-state index in [1.165, 1.54) is 4.90 Å². The Morgan fingerprint density at radius 3 is 2.86 bits per heavy atom. The van der Waals surface area contributed by atoms with Crippen LogP contribution < -0.4 is 4.90 Å². The number of halogens is 1. The second-order valence-corrected chi connectivity index (χ2v) is 9.04. The minimum atomic E-state index is 0.199. The number of rotatable bonds is 5. The number of benzene rings is 1. The Morgan fingerprint density at radius 1 is 1.29 bits per heavy atom. The van der Waals surface area contributed by atoms with Gasteiger partial charge in [-0.2, -0.15) is 5.10 Å². The van der Waals surface area contributed by atoms with Gasteiger partial charge in [0.05, 0.1) is 17.3 Å². The Balaban J connectivity index is 1.78. The van der Waals surface area contributed by atoms with Crippen molar-refractivity contribution in [2.75, 3.05) is 17.7 Å². The van der Waals surface area contributed by atoms with E-state index in [2.05, 4.69) is 60.1 Å². The smallest absolute Gasteiger partial charge is 0.140 e. The van der Waals surface area contributed by atoms with Crippen molar-refractivity contribution in [2.45, 2.75) is 51.1 Å². The monoisotopic (exact) mass is 415 g/mol. The van der Waals surface area contributed by atoms with E-state index < -0.39 is 0 Å². The molecule has 1 unspecified atom stereocenters. The second kappa shape index (κ2) is 7.91. The lowest BCUT2D eigenvalue weighted by molar-refractivity contribution is 0.481. The van der Waals surface area contributed by atoms with Crippen LogP contribution in [0.1, 0.15) is 44.0 Å². The minimum Gasteiger partial charge on any atom is -0.349 e. The number of anilines is 1. The van der Waals surface area contributed by atoms with Crippen LogP contribution in [0.3, 0.4) is 0 Å². The molecule has 3 aromatic rings. The lowest BCUT2D eigenvalue weighted by atomic mass is 10.1. The van der Waals surface area contributed by atoms with E-state index in [0.717, 1.165) is 59.1 Å². The molecule has 0 radical (unpaired) electrons. The van der Waals surface area contributed by atoms with Crippen molar-refractivity contribution >= 4 is 40.1 Å². The van der Waals surface area contributed by atoms with Gasteiger partial charge in [-0.3, -0.25) is 4.68 Å². The highest BCUT2D eigenvalue weighted by atomic mass is 35.5. The Morgan fingerprint density at radius 2 is 2.11 bits per heavy atom. The topological polar surface area (TPSA) is 46.8 Å². The van der Waals surface area contributed by atoms with Gasteiger partial charge >= 0.3 is 0 Å². The van der Waals surface area contributed by atoms with E-state index in [0.29, 0.717) is 5.92 Å². The molecule has 4 rings (SSSR count). The molecule has 0 amide bonds. The van der Waals surface area contributed by atoms with Crippen LogP contribution in [-0.4, -0.2) is 32.5 Å². The van der Waals surface area contributed by atoms with Gasteiger partial charge in [-0.05, 0) is 50.1 Å². The molecule has 5 nitrogen and oxygen atoms in total. The molecule has 0 aliphatic carbocycles. The molecule has 28 heavy (non-hydrogen) atoms. The molecule has 1 fully saturated rings. The largest absolute Gasteiger partial charge is 0.349 e. The maximum Gasteiger partial charge on any atom is 0.140 e. The van der Waals surface area contributed by atoms with E-state index in [4.69, 9.17) is 16.7 Å². The van der Waals surface area contributed by atoms with Gasteiger partial charge in [0, 0.05) is 28.9 Å². The van der Waals surface area contributed by atoms with Crippen molar-refractivity contribution in [3.8, 4) is 0 Å². The van der Waals surface area contributed by atoms with Crippen molar-refractivity contribution in [3.05, 3.63) is 40.9 Å². The molecule has 148 valence electrons. The average Bonchev–Trinajstić information content (AvgIpc) is 3.24. The highest BCUT2D eigenvalue weighted by Gasteiger charge is 2.33. The Hall–Kier alpha value is -1.79. The fraction of sp³-hybridized carbons (Fsp3) is 0.476. The van der Waals surface area contributed by atoms with Crippen molar-refractivity contribution in [2.24, 2.45) is 5.92 Å². The van der Waals surface area contributed by atoms with Crippen LogP contribution >= 0.6 is 23.4 Å². The third-order valence-electron chi connectivity index (χ3n) is 5.33. The van der Waals surface area contributed by atoms with Crippen LogP contribution in [0.15, 0.2) is 29.4 Å². The predicted molar refractivity (Wildman–Crippen MR) is 117 cm³/mol. The summed E-state index contributed by atoms with van der Waals surface area (Å²) in [7, 11) is 0. The number of thioether (sulfide) groups is 1. The third kappa shape index (κ3) is 3.48. The van der Waals surface area contributed by atoms with Crippen LogP contribution in [0.4, 0.5) is 5.82 Å². The van der Waals surface area contributed by atoms with Gasteiger partial charge in [-0.1, -0.05) is 25.4 Å². The normalized spacial score (nSPS) is 17.2. The fourth-order valence-corrected chi connectivity index (χ4v) is 4.92. The fourth-order valence-electron chi connectivity index (χ4n) is 4.11. The van der Waals surface area contributed by atoms with E-state index in [9.17, 15) is 0 Å². The van der Waals surface area contributed by atoms with E-state index in [-0.39, 0.29) is 6.04 Å². The summed E-state index contributed by atoms with van der Waals surface area (Å²) in [5.74, 6) is 1.50. The second-order valence-electron chi connectivity index (χ2n) is 7.80. The lowest BCUT2D eigenvalue weighted by Crippen LogP contribution is -2.24. The zero-order chi connectivity index (χ0) is 19.8. The van der Waals surface area contributed by atoms with Gasteiger partial charge in [0.2, 0.25) is 0 Å². The van der Waals surface area contributed by atoms with Crippen LogP contribution in [0.25, 0.3) is 10.9 Å². The standard InChI is InChI=1S/C21H26ClN5S/c1-13(2)11-27-20(22)19(14(3)25-27)18-6-5-9-26(18)21-16-10-15(28-4)7-8-17(16)23-12-24-21/h7-8,10,12-13,18H,5-6,9,11H2,1-4H3. The van der Waals surface area contributed by atoms with Crippen LogP contribution in [0.2, 0.25) is 5.15 Å². The van der Waals surface area contributed by atoms with E-state index in [1.54, 1.807) is 18.1 Å².